The van der Waals surface area contributed by atoms with Gasteiger partial charge in [0.1, 0.15) is 5.82 Å². The molecule has 0 spiro atoms. The first-order chi connectivity index (χ1) is 11.5. The minimum absolute atomic E-state index is 0.211. The van der Waals surface area contributed by atoms with Gasteiger partial charge in [-0.15, -0.1) is 0 Å². The monoisotopic (exact) mass is 326 g/mol. The summed E-state index contributed by atoms with van der Waals surface area (Å²) in [6.45, 7) is 1.70. The number of ether oxygens (including phenoxy) is 1. The highest BCUT2D eigenvalue weighted by Crippen LogP contribution is 2.26. The van der Waals surface area contributed by atoms with E-state index in [1.54, 1.807) is 43.3 Å². The number of hydrogen-bond acceptors (Lipinski definition) is 3. The summed E-state index contributed by atoms with van der Waals surface area (Å²) in [4.78, 5) is 27.5. The molecular formula is C18H15FN2O3. The fraction of sp³-hybridized carbons (Fsp3) is 0.111. The van der Waals surface area contributed by atoms with E-state index in [0.717, 1.165) is 0 Å². The second-order valence-electron chi connectivity index (χ2n) is 5.28. The molecule has 0 saturated heterocycles. The molecule has 2 aromatic carbocycles. The first-order valence-electron chi connectivity index (χ1n) is 7.28. The molecule has 0 radical (unpaired) electrons. The van der Waals surface area contributed by atoms with E-state index in [4.69, 9.17) is 4.74 Å². The summed E-state index contributed by atoms with van der Waals surface area (Å²) in [5, 5.41) is 2.89. The number of hydrogen-bond donors (Lipinski definition) is 2. The molecule has 0 saturated carbocycles. The highest BCUT2D eigenvalue weighted by atomic mass is 19.1. The van der Waals surface area contributed by atoms with Crippen LogP contribution in [0, 0.1) is 12.7 Å². The van der Waals surface area contributed by atoms with Gasteiger partial charge in [0.25, 0.3) is 5.91 Å². The molecule has 0 aliphatic heterocycles. The maximum absolute atomic E-state index is 14.1. The summed E-state index contributed by atoms with van der Waals surface area (Å²) in [6.07, 6.45) is 0. The van der Waals surface area contributed by atoms with E-state index in [-0.39, 0.29) is 16.5 Å². The van der Waals surface area contributed by atoms with Crippen LogP contribution in [0.1, 0.15) is 26.4 Å². The SMILES string of the molecule is COC(=O)c1ccccc1NC(=O)c1c(C)[nH]c2cccc(F)c12. The van der Waals surface area contributed by atoms with E-state index in [1.165, 1.54) is 13.2 Å². The zero-order valence-electron chi connectivity index (χ0n) is 13.1. The van der Waals surface area contributed by atoms with E-state index in [0.29, 0.717) is 16.9 Å². The van der Waals surface area contributed by atoms with Crippen molar-refractivity contribution in [1.29, 1.82) is 0 Å². The Morgan fingerprint density at radius 1 is 1.12 bits per heavy atom. The Morgan fingerprint density at radius 2 is 1.88 bits per heavy atom. The summed E-state index contributed by atoms with van der Waals surface area (Å²) in [5.74, 6) is -1.55. The van der Waals surface area contributed by atoms with Crippen LogP contribution in [0.15, 0.2) is 42.5 Å². The van der Waals surface area contributed by atoms with Gasteiger partial charge in [0.05, 0.1) is 23.9 Å². The van der Waals surface area contributed by atoms with Gasteiger partial charge in [0.15, 0.2) is 0 Å². The van der Waals surface area contributed by atoms with Crippen LogP contribution in [-0.2, 0) is 4.74 Å². The van der Waals surface area contributed by atoms with Gasteiger partial charge in [-0.05, 0) is 31.2 Å². The molecule has 1 heterocycles. The van der Waals surface area contributed by atoms with Crippen molar-refractivity contribution < 1.29 is 18.7 Å². The van der Waals surface area contributed by atoms with Crippen molar-refractivity contribution in [2.24, 2.45) is 0 Å². The third-order valence-corrected chi connectivity index (χ3v) is 3.77. The Kier molecular flexibility index (Phi) is 4.04. The largest absolute Gasteiger partial charge is 0.465 e. The van der Waals surface area contributed by atoms with Crippen molar-refractivity contribution in [2.45, 2.75) is 6.92 Å². The van der Waals surface area contributed by atoms with Crippen molar-refractivity contribution in [3.8, 4) is 0 Å². The van der Waals surface area contributed by atoms with Crippen molar-refractivity contribution in [2.75, 3.05) is 12.4 Å². The molecule has 0 bridgehead atoms. The predicted molar refractivity (Wildman–Crippen MR) is 88.7 cm³/mol. The van der Waals surface area contributed by atoms with E-state index < -0.39 is 17.7 Å². The molecular weight excluding hydrogens is 311 g/mol. The number of esters is 1. The van der Waals surface area contributed by atoms with Crippen molar-refractivity contribution in [3.63, 3.8) is 0 Å². The first kappa shape index (κ1) is 15.7. The minimum atomic E-state index is -0.562. The molecule has 0 aliphatic rings. The highest BCUT2D eigenvalue weighted by Gasteiger charge is 2.21. The summed E-state index contributed by atoms with van der Waals surface area (Å²) in [7, 11) is 1.26. The molecule has 5 nitrogen and oxygen atoms in total. The lowest BCUT2D eigenvalue weighted by Crippen LogP contribution is -2.16. The van der Waals surface area contributed by atoms with Crippen LogP contribution in [0.25, 0.3) is 10.9 Å². The average molecular weight is 326 g/mol. The molecule has 0 unspecified atom stereocenters. The van der Waals surface area contributed by atoms with Crippen LogP contribution < -0.4 is 5.32 Å². The van der Waals surface area contributed by atoms with Crippen LogP contribution in [0.5, 0.6) is 0 Å². The molecule has 1 aromatic heterocycles. The number of methoxy groups -OCH3 is 1. The number of rotatable bonds is 3. The van der Waals surface area contributed by atoms with Gasteiger partial charge < -0.3 is 15.0 Å². The van der Waals surface area contributed by atoms with Crippen LogP contribution in [-0.4, -0.2) is 24.0 Å². The Morgan fingerprint density at radius 3 is 2.62 bits per heavy atom. The molecule has 1 amide bonds. The quantitative estimate of drug-likeness (QED) is 0.722. The fourth-order valence-electron chi connectivity index (χ4n) is 2.68. The van der Waals surface area contributed by atoms with Crippen LogP contribution in [0.2, 0.25) is 0 Å². The summed E-state index contributed by atoms with van der Waals surface area (Å²) >= 11 is 0. The lowest BCUT2D eigenvalue weighted by molar-refractivity contribution is 0.0602. The molecule has 0 aliphatic carbocycles. The number of aromatic nitrogens is 1. The van der Waals surface area contributed by atoms with E-state index in [1.807, 2.05) is 0 Å². The van der Waals surface area contributed by atoms with Crippen LogP contribution >= 0.6 is 0 Å². The number of para-hydroxylation sites is 1. The topological polar surface area (TPSA) is 71.2 Å². The van der Waals surface area contributed by atoms with E-state index >= 15 is 0 Å². The molecule has 24 heavy (non-hydrogen) atoms. The Hall–Kier alpha value is -3.15. The number of carbonyl (C=O) groups excluding carboxylic acids is 2. The van der Waals surface area contributed by atoms with Gasteiger partial charge in [-0.3, -0.25) is 4.79 Å². The molecule has 0 fully saturated rings. The highest BCUT2D eigenvalue weighted by molar-refractivity contribution is 6.15. The number of fused-ring (bicyclic) bond motifs is 1. The van der Waals surface area contributed by atoms with Crippen LogP contribution in [0.4, 0.5) is 10.1 Å². The van der Waals surface area contributed by atoms with Crippen molar-refractivity contribution >= 4 is 28.5 Å². The molecule has 6 heteroatoms. The standard InChI is InChI=1S/C18H15FN2O3/c1-10-15(16-12(19)7-5-9-14(16)20-10)17(22)21-13-8-4-3-6-11(13)18(23)24-2/h3-9,20H,1-2H3,(H,21,22). The first-order valence-corrected chi connectivity index (χ1v) is 7.28. The summed E-state index contributed by atoms with van der Waals surface area (Å²) in [6, 6.07) is 11.1. The zero-order valence-corrected chi connectivity index (χ0v) is 13.1. The molecule has 122 valence electrons. The smallest absolute Gasteiger partial charge is 0.339 e. The number of H-pyrrole nitrogens is 1. The predicted octanol–water partition coefficient (Wildman–Crippen LogP) is 3.65. The van der Waals surface area contributed by atoms with Crippen molar-refractivity contribution in [1.82, 2.24) is 4.98 Å². The number of aryl methyl sites for hydroxylation is 1. The second-order valence-corrected chi connectivity index (χ2v) is 5.28. The van der Waals surface area contributed by atoms with Gasteiger partial charge in [0.2, 0.25) is 0 Å². The maximum Gasteiger partial charge on any atom is 0.339 e. The normalized spacial score (nSPS) is 10.6. The van der Waals surface area contributed by atoms with E-state index in [2.05, 4.69) is 10.3 Å². The molecule has 0 atom stereocenters. The lowest BCUT2D eigenvalue weighted by Gasteiger charge is -2.10. The lowest BCUT2D eigenvalue weighted by atomic mass is 10.1. The fourth-order valence-corrected chi connectivity index (χ4v) is 2.68. The van der Waals surface area contributed by atoms with Gasteiger partial charge in [-0.25, -0.2) is 9.18 Å². The second kappa shape index (κ2) is 6.16. The van der Waals surface area contributed by atoms with E-state index in [9.17, 15) is 14.0 Å². The van der Waals surface area contributed by atoms with Crippen LogP contribution in [0.3, 0.4) is 0 Å². The average Bonchev–Trinajstić information content (AvgIpc) is 2.92. The molecule has 3 rings (SSSR count). The number of aromatic amines is 1. The van der Waals surface area contributed by atoms with Gasteiger partial charge >= 0.3 is 5.97 Å². The zero-order chi connectivity index (χ0) is 17.3. The number of anilines is 1. The van der Waals surface area contributed by atoms with Gasteiger partial charge in [-0.1, -0.05) is 18.2 Å². The summed E-state index contributed by atoms with van der Waals surface area (Å²) in [5.41, 5.74) is 1.83. The third kappa shape index (κ3) is 2.62. The van der Waals surface area contributed by atoms with Gasteiger partial charge in [-0.2, -0.15) is 0 Å². The molecule has 3 aromatic rings. The number of benzene rings is 2. The Balaban J connectivity index is 2.04. The number of amides is 1. The Labute approximate surface area is 137 Å². The number of nitrogens with one attached hydrogen (secondary N) is 2. The number of halogens is 1. The minimum Gasteiger partial charge on any atom is -0.465 e. The maximum atomic E-state index is 14.1. The third-order valence-electron chi connectivity index (χ3n) is 3.77. The molecule has 2 N–H and O–H groups in total. The summed E-state index contributed by atoms with van der Waals surface area (Å²) < 4.78 is 18.9. The number of carbonyl (C=O) groups is 2. The van der Waals surface area contributed by atoms with Gasteiger partial charge in [0, 0.05) is 16.6 Å². The van der Waals surface area contributed by atoms with Crippen molar-refractivity contribution in [3.05, 3.63) is 65.1 Å². The Bertz CT molecular complexity index is 947.